The second kappa shape index (κ2) is 24.1. The molecule has 446 valence electrons. The zero-order valence-corrected chi connectivity index (χ0v) is 49.6. The van der Waals surface area contributed by atoms with Gasteiger partial charge >= 0.3 is 0 Å². The molecule has 85 heavy (non-hydrogen) atoms. The van der Waals surface area contributed by atoms with Gasteiger partial charge in [0, 0.05) is 35.8 Å². The lowest BCUT2D eigenvalue weighted by atomic mass is 10.1. The van der Waals surface area contributed by atoms with Crippen LogP contribution in [0.25, 0.3) is 37.7 Å². The number of anilines is 2. The monoisotopic (exact) mass is 1300 g/mol. The number of nitrogens with zero attached hydrogens (tertiary/aromatic N) is 10. The van der Waals surface area contributed by atoms with Crippen LogP contribution >= 0.6 is 23.1 Å². The Morgan fingerprint density at radius 3 is 1.98 bits per heavy atom. The summed E-state index contributed by atoms with van der Waals surface area (Å²) in [5, 5.41) is 52.9. The summed E-state index contributed by atoms with van der Waals surface area (Å²) in [4.78, 5) is 31.5. The van der Waals surface area contributed by atoms with E-state index >= 15 is 0 Å². The molecule has 2 amide bonds. The Balaban J connectivity index is 1.22. The van der Waals surface area contributed by atoms with Crippen LogP contribution in [0.2, 0.25) is 0 Å². The Kier molecular flexibility index (Phi) is 17.9. The zero-order valence-electron chi connectivity index (χ0n) is 43.8. The molecule has 8 aromatic rings. The number of carbonyl (C=O) groups is 2. The summed E-state index contributed by atoms with van der Waals surface area (Å²) in [5.41, 5.74) is -1.27. The van der Waals surface area contributed by atoms with Crippen molar-refractivity contribution in [2.75, 3.05) is 34.5 Å². The first-order valence-corrected chi connectivity index (χ1v) is 33.1. The van der Waals surface area contributed by atoms with Crippen molar-refractivity contribution in [2.24, 2.45) is 30.7 Å². The number of aromatic hydroxyl groups is 1. The molecular formula is C47H42N12O19S7. The molecule has 5 aromatic carbocycles. The number of thiazole rings is 1. The minimum absolute atomic E-state index is 0.0136. The Hall–Kier alpha value is -8.07. The van der Waals surface area contributed by atoms with Crippen LogP contribution in [0.3, 0.4) is 0 Å². The zero-order chi connectivity index (χ0) is 62.3. The van der Waals surface area contributed by atoms with Crippen molar-refractivity contribution in [3.63, 3.8) is 0 Å². The number of benzene rings is 5. The molecule has 0 spiro atoms. The van der Waals surface area contributed by atoms with Gasteiger partial charge in [0.15, 0.2) is 11.3 Å². The maximum Gasteiger partial charge on any atom is 0.296 e. The third-order valence-corrected chi connectivity index (χ3v) is 18.2. The minimum atomic E-state index is -5.01. The van der Waals surface area contributed by atoms with Crippen molar-refractivity contribution in [3.05, 3.63) is 77.4 Å². The average Bonchev–Trinajstić information content (AvgIpc) is 1.73. The summed E-state index contributed by atoms with van der Waals surface area (Å²) < 4.78 is 176. The summed E-state index contributed by atoms with van der Waals surface area (Å²) in [5.74, 6) is -3.47. The third-order valence-electron chi connectivity index (χ3n) is 11.9. The molecule has 0 aliphatic rings. The van der Waals surface area contributed by atoms with E-state index < -0.39 is 100 Å². The SMILES string of the molecule is CC(=O)Nc1cc(N=Nc2cc(OCCCS(=O)(=O)O)c(N=Nc3c(C)c(C#N)c4nc5cc(S(=O)(=O)O)c(NC(C)=O)cc5n4c3O)cc2C)c(SCCCS(=O)(=O)O)cc1N=Nc1nc2c(S(=O)(=O)O)cc3cc(S(=O)(=O)O)ccc3c2s1. The second-order valence-corrected chi connectivity index (χ2v) is 27.6. The largest absolute Gasteiger partial charge is 0.493 e. The van der Waals surface area contributed by atoms with Gasteiger partial charge in [-0.2, -0.15) is 52.5 Å². The van der Waals surface area contributed by atoms with E-state index in [1.54, 1.807) is 6.92 Å². The van der Waals surface area contributed by atoms with Gasteiger partial charge in [-0.25, -0.2) is 9.97 Å². The molecule has 0 aliphatic carbocycles. The molecule has 0 saturated heterocycles. The number of hydrogen-bond acceptors (Lipinski definition) is 25. The van der Waals surface area contributed by atoms with Crippen molar-refractivity contribution in [1.82, 2.24) is 14.4 Å². The number of nitrogens with one attached hydrogen (secondary N) is 2. The Labute approximate surface area is 489 Å². The van der Waals surface area contributed by atoms with Crippen LogP contribution in [-0.4, -0.2) is 120 Å². The number of carbonyl (C=O) groups excluding carboxylic acids is 2. The number of aryl methyl sites for hydroxylation is 1. The molecular weight excluding hydrogens is 1260 g/mol. The Morgan fingerprint density at radius 1 is 0.706 bits per heavy atom. The van der Waals surface area contributed by atoms with Gasteiger partial charge in [-0.3, -0.25) is 36.8 Å². The number of ether oxygens (including phenoxy) is 1. The van der Waals surface area contributed by atoms with Crippen LogP contribution in [-0.2, 0) is 60.2 Å². The second-order valence-electron chi connectivity index (χ2n) is 18.1. The highest BCUT2D eigenvalue weighted by Crippen LogP contribution is 2.45. The highest BCUT2D eigenvalue weighted by Gasteiger charge is 2.27. The molecule has 3 aromatic heterocycles. The van der Waals surface area contributed by atoms with E-state index in [9.17, 15) is 84.8 Å². The number of nitriles is 1. The van der Waals surface area contributed by atoms with Crippen LogP contribution in [0.1, 0.15) is 43.4 Å². The molecule has 0 fully saturated rings. The van der Waals surface area contributed by atoms with Gasteiger partial charge in [-0.15, -0.1) is 37.3 Å². The molecule has 8 rings (SSSR count). The standard InChI is InChI=1S/C47H42N12O19S7/c1-22-13-34(55-57-42-23(2)29(21-48)45-51-33-20-40(84(72,73)74)36(50-25(4)61)17-37(33)59(45)46(42)62)38(78-9-5-11-81(63,64)65)18-30(22)53-56-35-16-31(49-24(3)60)32(19-39(35)79-10-6-12-82(66,67)68)54-58-47-52-43-41(85(75,76)77)15-26-14-27(83(69,70)71)7-8-28(26)44(43)80-47/h7-8,13-20,62H,5-6,9-12H2,1-4H3,(H,49,60)(H,50,61)(H,63,64,65)(H,66,67,68)(H,69,70,71)(H,72,73,74)(H,75,76,77). The molecule has 3 heterocycles. The minimum Gasteiger partial charge on any atom is -0.493 e. The van der Waals surface area contributed by atoms with Crippen molar-refractivity contribution >= 4 is 168 Å². The highest BCUT2D eigenvalue weighted by atomic mass is 32.2. The van der Waals surface area contributed by atoms with Gasteiger partial charge in [-0.1, -0.05) is 17.4 Å². The van der Waals surface area contributed by atoms with E-state index in [2.05, 4.69) is 51.3 Å². The van der Waals surface area contributed by atoms with E-state index in [1.165, 1.54) is 44.2 Å². The number of hydrogen-bond donors (Lipinski definition) is 8. The summed E-state index contributed by atoms with van der Waals surface area (Å²) in [6, 6.07) is 13.7. The smallest absolute Gasteiger partial charge is 0.296 e. The van der Waals surface area contributed by atoms with E-state index in [0.717, 1.165) is 64.8 Å². The molecule has 31 nitrogen and oxygen atoms in total. The van der Waals surface area contributed by atoms with E-state index in [-0.39, 0.29) is 124 Å². The number of azo groups is 3. The highest BCUT2D eigenvalue weighted by molar-refractivity contribution is 7.99. The van der Waals surface area contributed by atoms with E-state index in [1.807, 2.05) is 6.07 Å². The topological polar surface area (TPSA) is 488 Å². The third kappa shape index (κ3) is 14.7. The summed E-state index contributed by atoms with van der Waals surface area (Å²) in [6.45, 7) is 4.85. The summed E-state index contributed by atoms with van der Waals surface area (Å²) in [6.07, 6.45) is -0.329. The fraction of sp³-hybridized carbons (Fsp3) is 0.213. The fourth-order valence-corrected chi connectivity index (χ4v) is 13.2. The van der Waals surface area contributed by atoms with Crippen molar-refractivity contribution in [2.45, 2.75) is 60.1 Å². The first kappa shape index (κ1) is 63.0. The van der Waals surface area contributed by atoms with Crippen LogP contribution < -0.4 is 15.4 Å². The number of fused-ring (bicyclic) bond motifs is 6. The molecule has 0 aliphatic heterocycles. The van der Waals surface area contributed by atoms with Crippen LogP contribution in [0, 0.1) is 25.2 Å². The number of amides is 2. The normalized spacial score (nSPS) is 12.8. The quantitative estimate of drug-likeness (QED) is 0.0144. The van der Waals surface area contributed by atoms with Gasteiger partial charge in [0.25, 0.3) is 50.6 Å². The van der Waals surface area contributed by atoms with Crippen molar-refractivity contribution < 1.29 is 84.3 Å². The molecule has 0 saturated carbocycles. The van der Waals surface area contributed by atoms with Crippen molar-refractivity contribution in [3.8, 4) is 17.7 Å². The molecule has 0 bridgehead atoms. The van der Waals surface area contributed by atoms with Gasteiger partial charge < -0.3 is 20.5 Å². The van der Waals surface area contributed by atoms with Gasteiger partial charge in [-0.05, 0) is 91.9 Å². The first-order valence-electron chi connectivity index (χ1n) is 23.8. The maximum atomic E-state index is 12.6. The predicted molar refractivity (Wildman–Crippen MR) is 307 cm³/mol. The van der Waals surface area contributed by atoms with Gasteiger partial charge in [0.2, 0.25) is 22.8 Å². The van der Waals surface area contributed by atoms with Crippen LogP contribution in [0.4, 0.5) is 44.9 Å². The Bertz CT molecular complexity index is 4890. The maximum absolute atomic E-state index is 12.6. The average molecular weight is 1300 g/mol. The van der Waals surface area contributed by atoms with Crippen molar-refractivity contribution in [1.29, 1.82) is 5.26 Å². The van der Waals surface area contributed by atoms with Crippen LogP contribution in [0.15, 0.2) is 111 Å². The molecule has 8 N–H and O–H groups in total. The lowest BCUT2D eigenvalue weighted by molar-refractivity contribution is -0.115. The van der Waals surface area contributed by atoms with Gasteiger partial charge in [0.05, 0.1) is 55.8 Å². The van der Waals surface area contributed by atoms with E-state index in [0.29, 0.717) is 5.56 Å². The molecule has 0 radical (unpaired) electrons. The number of rotatable bonds is 21. The predicted octanol–water partition coefficient (Wildman–Crippen LogP) is 9.37. The van der Waals surface area contributed by atoms with E-state index in [4.69, 9.17) is 4.74 Å². The van der Waals surface area contributed by atoms with Crippen LogP contribution in [0.5, 0.6) is 11.6 Å². The lowest BCUT2D eigenvalue weighted by Gasteiger charge is -2.13. The fourth-order valence-electron chi connectivity index (χ4n) is 8.18. The molecule has 0 atom stereocenters. The van der Waals surface area contributed by atoms with Gasteiger partial charge in [0.1, 0.15) is 49.8 Å². The first-order chi connectivity index (χ1) is 39.6. The molecule has 0 unspecified atom stereocenters. The number of pyridine rings is 1. The number of aromatic nitrogens is 3. The Morgan fingerprint density at radius 2 is 1.34 bits per heavy atom. The number of imidazole rings is 1. The summed E-state index contributed by atoms with van der Waals surface area (Å²) >= 11 is 1.78. The molecule has 38 heteroatoms. The number of thioether (sulfide) groups is 1. The lowest BCUT2D eigenvalue weighted by Crippen LogP contribution is -2.11. The summed E-state index contributed by atoms with van der Waals surface area (Å²) in [7, 11) is -23.5.